The van der Waals surface area contributed by atoms with Crippen molar-refractivity contribution in [3.63, 3.8) is 0 Å². The largest absolute Gasteiger partial charge is 0.291 e. The van der Waals surface area contributed by atoms with Crippen LogP contribution in [0.5, 0.6) is 0 Å². The second kappa shape index (κ2) is 7.53. The molecule has 1 saturated heterocycles. The molecule has 8 heteroatoms. The van der Waals surface area contributed by atoms with E-state index in [-0.39, 0.29) is 11.1 Å². The Balaban J connectivity index is 1.96. The molecule has 0 bridgehead atoms. The summed E-state index contributed by atoms with van der Waals surface area (Å²) in [5.74, 6) is 0.315. The number of nitrogens with zero attached hydrogens (tertiary/aromatic N) is 2. The van der Waals surface area contributed by atoms with Crippen LogP contribution in [0.4, 0.5) is 14.7 Å². The Bertz CT molecular complexity index is 801. The van der Waals surface area contributed by atoms with Crippen LogP contribution < -0.4 is 11.0 Å². The Morgan fingerprint density at radius 1 is 1.28 bits per heavy atom. The molecule has 2 N–H and O–H groups in total. The predicted molar refractivity (Wildman–Crippen MR) is 96.0 cm³/mol. The zero-order chi connectivity index (χ0) is 18.0. The highest BCUT2D eigenvalue weighted by Crippen LogP contribution is 2.28. The number of benzene rings is 1. The van der Waals surface area contributed by atoms with E-state index in [2.05, 4.69) is 15.4 Å². The summed E-state index contributed by atoms with van der Waals surface area (Å²) < 4.78 is 28.2. The van der Waals surface area contributed by atoms with E-state index < -0.39 is 17.6 Å². The molecule has 1 atom stereocenters. The number of hydrazine groups is 1. The fraction of sp³-hybridized carbons (Fsp3) is 0.412. The lowest BCUT2D eigenvalue weighted by molar-refractivity contribution is 0.361. The second-order valence-corrected chi connectivity index (χ2v) is 7.22. The third kappa shape index (κ3) is 3.85. The van der Waals surface area contributed by atoms with Crippen LogP contribution in [0.3, 0.4) is 0 Å². The normalized spacial score (nSPS) is 16.6. The van der Waals surface area contributed by atoms with Crippen LogP contribution in [0.15, 0.2) is 23.0 Å². The first-order valence-electron chi connectivity index (χ1n) is 8.11. The van der Waals surface area contributed by atoms with E-state index in [1.54, 1.807) is 13.8 Å². The van der Waals surface area contributed by atoms with Gasteiger partial charge in [-0.25, -0.2) is 18.8 Å². The molecule has 1 aliphatic rings. The zero-order valence-corrected chi connectivity index (χ0v) is 14.9. The van der Waals surface area contributed by atoms with Gasteiger partial charge in [0.2, 0.25) is 5.95 Å². The molecule has 25 heavy (non-hydrogen) atoms. The third-order valence-electron chi connectivity index (χ3n) is 4.31. The molecule has 0 spiro atoms. The number of nitrogens with one attached hydrogen (secondary N) is 2. The van der Waals surface area contributed by atoms with Gasteiger partial charge in [0, 0.05) is 41.6 Å². The monoisotopic (exact) mass is 366 g/mol. The fourth-order valence-electron chi connectivity index (χ4n) is 2.91. The molecule has 1 aromatic carbocycles. The number of rotatable bonds is 4. The minimum atomic E-state index is -0.680. The summed E-state index contributed by atoms with van der Waals surface area (Å²) in [4.78, 5) is 19.4. The van der Waals surface area contributed by atoms with Crippen LogP contribution in [-0.2, 0) is 0 Å². The van der Waals surface area contributed by atoms with Gasteiger partial charge in [-0.2, -0.15) is 11.8 Å². The first kappa shape index (κ1) is 17.9. The molecule has 1 aromatic heterocycles. The Morgan fingerprint density at radius 3 is 2.56 bits per heavy atom. The molecule has 0 amide bonds. The van der Waals surface area contributed by atoms with E-state index in [0.717, 1.165) is 24.6 Å². The van der Waals surface area contributed by atoms with Crippen molar-refractivity contribution in [3.05, 3.63) is 57.0 Å². The predicted octanol–water partition coefficient (Wildman–Crippen LogP) is 2.88. The van der Waals surface area contributed by atoms with Crippen molar-refractivity contribution in [2.45, 2.75) is 19.8 Å². The summed E-state index contributed by atoms with van der Waals surface area (Å²) in [6.45, 7) is 4.92. The van der Waals surface area contributed by atoms with E-state index in [1.165, 1.54) is 18.2 Å². The van der Waals surface area contributed by atoms with Crippen molar-refractivity contribution in [2.24, 2.45) is 0 Å². The summed E-state index contributed by atoms with van der Waals surface area (Å²) in [7, 11) is 0. The van der Waals surface area contributed by atoms with Gasteiger partial charge in [-0.15, -0.1) is 0 Å². The maximum atomic E-state index is 14.1. The molecule has 0 aliphatic carbocycles. The van der Waals surface area contributed by atoms with E-state index in [4.69, 9.17) is 0 Å². The standard InChI is InChI=1S/C17H20F2N4OS/c1-10(14-12(18)4-3-5-13(14)19)15-11(2)16(24)21-17(20-15)22-23-6-8-25-9-7-23/h3-5,10H,6-9H2,1-2H3,(H2,20,21,22,24). The van der Waals surface area contributed by atoms with E-state index in [9.17, 15) is 13.6 Å². The summed E-state index contributed by atoms with van der Waals surface area (Å²) >= 11 is 1.87. The van der Waals surface area contributed by atoms with Gasteiger partial charge in [0.05, 0.1) is 5.69 Å². The quantitative estimate of drug-likeness (QED) is 0.871. The molecule has 2 heterocycles. The van der Waals surface area contributed by atoms with Gasteiger partial charge in [-0.1, -0.05) is 13.0 Å². The highest BCUT2D eigenvalue weighted by atomic mass is 32.2. The van der Waals surface area contributed by atoms with Gasteiger partial charge in [-0.3, -0.25) is 15.2 Å². The van der Waals surface area contributed by atoms with E-state index in [0.29, 0.717) is 17.2 Å². The van der Waals surface area contributed by atoms with Crippen LogP contribution in [0.2, 0.25) is 0 Å². The number of H-pyrrole nitrogens is 1. The number of hydrogen-bond donors (Lipinski definition) is 2. The Labute approximate surface area is 148 Å². The lowest BCUT2D eigenvalue weighted by Crippen LogP contribution is -2.38. The fourth-order valence-corrected chi connectivity index (χ4v) is 3.81. The highest BCUT2D eigenvalue weighted by Gasteiger charge is 2.23. The van der Waals surface area contributed by atoms with Crippen LogP contribution >= 0.6 is 11.8 Å². The molecule has 0 radical (unpaired) electrons. The molecule has 134 valence electrons. The Morgan fingerprint density at radius 2 is 1.92 bits per heavy atom. The summed E-state index contributed by atoms with van der Waals surface area (Å²) in [6.07, 6.45) is 0. The molecule has 2 aromatic rings. The molecule has 3 rings (SSSR count). The number of anilines is 1. The maximum Gasteiger partial charge on any atom is 0.255 e. The van der Waals surface area contributed by atoms with Crippen molar-refractivity contribution in [2.75, 3.05) is 30.0 Å². The molecule has 5 nitrogen and oxygen atoms in total. The number of hydrogen-bond acceptors (Lipinski definition) is 5. The van der Waals surface area contributed by atoms with Crippen molar-refractivity contribution >= 4 is 17.7 Å². The topological polar surface area (TPSA) is 61.0 Å². The minimum absolute atomic E-state index is 0.0796. The van der Waals surface area contributed by atoms with E-state index >= 15 is 0 Å². The molecule has 0 saturated carbocycles. The van der Waals surface area contributed by atoms with Gasteiger partial charge in [0.1, 0.15) is 11.6 Å². The summed E-state index contributed by atoms with van der Waals surface area (Å²) in [5.41, 5.74) is 3.41. The van der Waals surface area contributed by atoms with Gasteiger partial charge >= 0.3 is 0 Å². The van der Waals surface area contributed by atoms with Gasteiger partial charge < -0.3 is 0 Å². The average molecular weight is 366 g/mol. The molecule has 1 aliphatic heterocycles. The third-order valence-corrected chi connectivity index (χ3v) is 5.25. The molecular weight excluding hydrogens is 346 g/mol. The average Bonchev–Trinajstić information content (AvgIpc) is 2.58. The molecule has 1 unspecified atom stereocenters. The van der Waals surface area contributed by atoms with Crippen LogP contribution in [-0.4, -0.2) is 39.6 Å². The van der Waals surface area contributed by atoms with Gasteiger partial charge in [0.15, 0.2) is 0 Å². The van der Waals surface area contributed by atoms with Gasteiger partial charge in [0.25, 0.3) is 5.56 Å². The van der Waals surface area contributed by atoms with Crippen molar-refractivity contribution in [1.29, 1.82) is 0 Å². The number of aromatic amines is 1. The van der Waals surface area contributed by atoms with Crippen molar-refractivity contribution in [1.82, 2.24) is 15.0 Å². The van der Waals surface area contributed by atoms with Crippen LogP contribution in [0.1, 0.15) is 29.7 Å². The van der Waals surface area contributed by atoms with Crippen LogP contribution in [0, 0.1) is 18.6 Å². The summed E-state index contributed by atoms with van der Waals surface area (Å²) in [5, 5.41) is 1.97. The SMILES string of the molecule is Cc1c(C(C)c2c(F)cccc2F)nc(NN2CCSCC2)[nH]c1=O. The first-order chi connectivity index (χ1) is 12.0. The Kier molecular flexibility index (Phi) is 5.39. The summed E-state index contributed by atoms with van der Waals surface area (Å²) in [6, 6.07) is 3.74. The number of aromatic nitrogens is 2. The van der Waals surface area contributed by atoms with Crippen molar-refractivity contribution in [3.8, 4) is 0 Å². The molecular formula is C17H20F2N4OS. The van der Waals surface area contributed by atoms with E-state index in [1.807, 2.05) is 16.8 Å². The smallest absolute Gasteiger partial charge is 0.255 e. The molecule has 1 fully saturated rings. The number of halogens is 2. The minimum Gasteiger partial charge on any atom is -0.291 e. The van der Waals surface area contributed by atoms with Crippen LogP contribution in [0.25, 0.3) is 0 Å². The lowest BCUT2D eigenvalue weighted by Gasteiger charge is -2.27. The lowest BCUT2D eigenvalue weighted by atomic mass is 9.94. The Hall–Kier alpha value is -1.93. The maximum absolute atomic E-state index is 14.1. The van der Waals surface area contributed by atoms with Crippen molar-refractivity contribution < 1.29 is 8.78 Å². The van der Waals surface area contributed by atoms with Gasteiger partial charge in [-0.05, 0) is 19.1 Å². The zero-order valence-electron chi connectivity index (χ0n) is 14.1. The first-order valence-corrected chi connectivity index (χ1v) is 9.27. The highest BCUT2D eigenvalue weighted by molar-refractivity contribution is 7.99. The second-order valence-electron chi connectivity index (χ2n) is 5.99. The number of thioether (sulfide) groups is 1.